The van der Waals surface area contributed by atoms with E-state index in [0.717, 1.165) is 0 Å². The molecule has 2 aliphatic carbocycles. The minimum absolute atomic E-state index is 0.216. The van der Waals surface area contributed by atoms with Gasteiger partial charge in [0, 0.05) is 22.8 Å². The Labute approximate surface area is 185 Å². The normalized spacial score (nSPS) is 16.1. The maximum Gasteiger partial charge on any atom is 0.0419 e. The lowest BCUT2D eigenvalue weighted by molar-refractivity contribution is 0.550. The molecule has 0 unspecified atom stereocenters. The molecule has 4 aromatic carbocycles. The van der Waals surface area contributed by atoms with E-state index in [0.29, 0.717) is 6.04 Å². The van der Waals surface area contributed by atoms with E-state index in [4.69, 9.17) is 0 Å². The van der Waals surface area contributed by atoms with Crippen LogP contribution in [0.15, 0.2) is 84.9 Å². The van der Waals surface area contributed by atoms with E-state index < -0.39 is 0 Å². The van der Waals surface area contributed by atoms with Crippen molar-refractivity contribution in [2.75, 3.05) is 4.90 Å². The third kappa shape index (κ3) is 2.76. The van der Waals surface area contributed by atoms with Crippen molar-refractivity contribution in [3.8, 4) is 11.1 Å². The molecule has 0 amide bonds. The van der Waals surface area contributed by atoms with Gasteiger partial charge in [0.1, 0.15) is 0 Å². The predicted molar refractivity (Wildman–Crippen MR) is 132 cm³/mol. The molecule has 0 heterocycles. The highest BCUT2D eigenvalue weighted by Crippen LogP contribution is 2.57. The number of fused-ring (bicyclic) bond motifs is 6. The minimum atomic E-state index is 0.216. The van der Waals surface area contributed by atoms with Crippen molar-refractivity contribution in [3.05, 3.63) is 96.1 Å². The van der Waals surface area contributed by atoms with Crippen LogP contribution < -0.4 is 4.90 Å². The molecule has 0 aromatic heterocycles. The summed E-state index contributed by atoms with van der Waals surface area (Å²) in [6.45, 7) is 4.59. The Bertz CT molecular complexity index is 1280. The van der Waals surface area contributed by atoms with Crippen molar-refractivity contribution in [1.29, 1.82) is 0 Å². The zero-order valence-electron chi connectivity index (χ0n) is 18.4. The van der Waals surface area contributed by atoms with E-state index in [1.165, 1.54) is 59.0 Å². The standard InChI is InChI=1S/C30H29N/c1-21(2)31(24-14-13-22-9-3-4-10-23(22)19-24)25-15-16-27-26-11-5-6-12-28(26)30(29(27)20-25)17-7-8-18-30/h3-6,9-16,19-21H,7-8,17-18H2,1-2H3. The summed E-state index contributed by atoms with van der Waals surface area (Å²) >= 11 is 0. The van der Waals surface area contributed by atoms with Crippen LogP contribution in [0.3, 0.4) is 0 Å². The summed E-state index contributed by atoms with van der Waals surface area (Å²) in [6.07, 6.45) is 5.21. The van der Waals surface area contributed by atoms with Gasteiger partial charge in [0.05, 0.1) is 0 Å². The molecule has 1 spiro atoms. The summed E-state index contributed by atoms with van der Waals surface area (Å²) < 4.78 is 0. The molecule has 0 atom stereocenters. The summed E-state index contributed by atoms with van der Waals surface area (Å²) in [4.78, 5) is 2.50. The SMILES string of the molecule is CC(C)N(c1ccc2c(c1)C1(CCCC1)c1ccccc1-2)c1ccc2ccccc2c1. The van der Waals surface area contributed by atoms with E-state index in [9.17, 15) is 0 Å². The highest BCUT2D eigenvalue weighted by Gasteiger charge is 2.45. The zero-order chi connectivity index (χ0) is 21.0. The Hall–Kier alpha value is -3.06. The molecular weight excluding hydrogens is 374 g/mol. The molecule has 0 bridgehead atoms. The molecule has 1 heteroatoms. The second-order valence-electron chi connectivity index (χ2n) is 9.56. The van der Waals surface area contributed by atoms with Gasteiger partial charge in [-0.2, -0.15) is 0 Å². The van der Waals surface area contributed by atoms with Crippen LogP contribution in [0.5, 0.6) is 0 Å². The molecule has 1 fully saturated rings. The van der Waals surface area contributed by atoms with Crippen LogP contribution in [0.1, 0.15) is 50.7 Å². The fourth-order valence-electron chi connectivity index (χ4n) is 6.18. The molecule has 0 N–H and O–H groups in total. The first-order valence-corrected chi connectivity index (χ1v) is 11.7. The molecular formula is C30H29N. The highest BCUT2D eigenvalue weighted by molar-refractivity contribution is 5.88. The van der Waals surface area contributed by atoms with Crippen LogP contribution >= 0.6 is 0 Å². The smallest absolute Gasteiger partial charge is 0.0419 e. The van der Waals surface area contributed by atoms with E-state index in [1.807, 2.05) is 0 Å². The molecule has 154 valence electrons. The number of hydrogen-bond acceptors (Lipinski definition) is 1. The monoisotopic (exact) mass is 403 g/mol. The van der Waals surface area contributed by atoms with Crippen LogP contribution in [0.4, 0.5) is 11.4 Å². The van der Waals surface area contributed by atoms with E-state index in [2.05, 4.69) is 104 Å². The van der Waals surface area contributed by atoms with Crippen molar-refractivity contribution < 1.29 is 0 Å². The minimum Gasteiger partial charge on any atom is -0.339 e. The van der Waals surface area contributed by atoms with Gasteiger partial charge in [0.2, 0.25) is 0 Å². The van der Waals surface area contributed by atoms with Crippen molar-refractivity contribution in [3.63, 3.8) is 0 Å². The zero-order valence-corrected chi connectivity index (χ0v) is 18.4. The third-order valence-electron chi connectivity index (χ3n) is 7.51. The molecule has 0 saturated heterocycles. The van der Waals surface area contributed by atoms with Crippen molar-refractivity contribution in [1.82, 2.24) is 0 Å². The van der Waals surface area contributed by atoms with Crippen LogP contribution in [0.25, 0.3) is 21.9 Å². The first-order valence-electron chi connectivity index (χ1n) is 11.7. The van der Waals surface area contributed by atoms with Crippen LogP contribution in [-0.4, -0.2) is 6.04 Å². The quantitative estimate of drug-likeness (QED) is 0.333. The molecule has 1 nitrogen and oxygen atoms in total. The van der Waals surface area contributed by atoms with E-state index in [1.54, 1.807) is 11.1 Å². The van der Waals surface area contributed by atoms with E-state index in [-0.39, 0.29) is 5.41 Å². The first kappa shape index (κ1) is 18.7. The van der Waals surface area contributed by atoms with Crippen LogP contribution in [-0.2, 0) is 5.41 Å². The molecule has 31 heavy (non-hydrogen) atoms. The van der Waals surface area contributed by atoms with E-state index >= 15 is 0 Å². The van der Waals surface area contributed by atoms with Crippen LogP contribution in [0.2, 0.25) is 0 Å². The van der Waals surface area contributed by atoms with Gasteiger partial charge in [0.25, 0.3) is 0 Å². The summed E-state index contributed by atoms with van der Waals surface area (Å²) in [5.41, 5.74) is 8.80. The summed E-state index contributed by atoms with van der Waals surface area (Å²) in [5.74, 6) is 0. The van der Waals surface area contributed by atoms with Gasteiger partial charge < -0.3 is 4.90 Å². The molecule has 2 aliphatic rings. The van der Waals surface area contributed by atoms with Crippen molar-refractivity contribution in [2.24, 2.45) is 0 Å². The fourth-order valence-corrected chi connectivity index (χ4v) is 6.18. The maximum atomic E-state index is 2.51. The van der Waals surface area contributed by atoms with Gasteiger partial charge in [-0.3, -0.25) is 0 Å². The first-order chi connectivity index (χ1) is 15.2. The lowest BCUT2D eigenvalue weighted by Gasteiger charge is -2.32. The average molecular weight is 404 g/mol. The lowest BCUT2D eigenvalue weighted by Crippen LogP contribution is -2.26. The molecule has 0 radical (unpaired) electrons. The summed E-state index contributed by atoms with van der Waals surface area (Å²) in [5, 5.41) is 2.59. The van der Waals surface area contributed by atoms with Gasteiger partial charge in [-0.05, 0) is 84.0 Å². The topological polar surface area (TPSA) is 3.24 Å². The second kappa shape index (κ2) is 6.99. The average Bonchev–Trinajstić information content (AvgIpc) is 3.39. The molecule has 1 saturated carbocycles. The highest BCUT2D eigenvalue weighted by atomic mass is 15.2. The Balaban J connectivity index is 1.51. The number of anilines is 2. The fraction of sp³-hybridized carbons (Fsp3) is 0.267. The Morgan fingerprint density at radius 1 is 0.645 bits per heavy atom. The largest absolute Gasteiger partial charge is 0.339 e. The molecule has 0 aliphatic heterocycles. The lowest BCUT2D eigenvalue weighted by atomic mass is 9.76. The van der Waals surface area contributed by atoms with Gasteiger partial charge in [-0.1, -0.05) is 73.5 Å². The summed E-state index contributed by atoms with van der Waals surface area (Å²) in [7, 11) is 0. The van der Waals surface area contributed by atoms with Gasteiger partial charge in [0.15, 0.2) is 0 Å². The Morgan fingerprint density at radius 3 is 2.10 bits per heavy atom. The predicted octanol–water partition coefficient (Wildman–Crippen LogP) is 8.23. The Morgan fingerprint density at radius 2 is 1.29 bits per heavy atom. The number of hydrogen-bond donors (Lipinski definition) is 0. The Kier molecular flexibility index (Phi) is 4.21. The van der Waals surface area contributed by atoms with Gasteiger partial charge >= 0.3 is 0 Å². The number of rotatable bonds is 3. The molecule has 4 aromatic rings. The van der Waals surface area contributed by atoms with Crippen LogP contribution in [0, 0.1) is 0 Å². The van der Waals surface area contributed by atoms with Crippen molar-refractivity contribution in [2.45, 2.75) is 51.0 Å². The van der Waals surface area contributed by atoms with Gasteiger partial charge in [-0.25, -0.2) is 0 Å². The second-order valence-corrected chi connectivity index (χ2v) is 9.56. The number of benzene rings is 4. The third-order valence-corrected chi connectivity index (χ3v) is 7.51. The number of nitrogens with zero attached hydrogens (tertiary/aromatic N) is 1. The van der Waals surface area contributed by atoms with Crippen molar-refractivity contribution >= 4 is 22.1 Å². The maximum absolute atomic E-state index is 2.51. The molecule has 6 rings (SSSR count). The van der Waals surface area contributed by atoms with Gasteiger partial charge in [-0.15, -0.1) is 0 Å². The summed E-state index contributed by atoms with van der Waals surface area (Å²) in [6, 6.07) is 32.2.